The van der Waals surface area contributed by atoms with Crippen LogP contribution in [0.1, 0.15) is 23.1 Å². The minimum absolute atomic E-state index is 0.0966. The van der Waals surface area contributed by atoms with Crippen LogP contribution in [0.2, 0.25) is 0 Å². The maximum atomic E-state index is 13.7. The van der Waals surface area contributed by atoms with E-state index in [4.69, 9.17) is 4.74 Å². The van der Waals surface area contributed by atoms with Gasteiger partial charge in [-0.1, -0.05) is 48.5 Å². The van der Waals surface area contributed by atoms with Crippen LogP contribution in [0.15, 0.2) is 72.8 Å². The summed E-state index contributed by atoms with van der Waals surface area (Å²) in [5, 5.41) is 3.11. The number of nitrogens with one attached hydrogen (secondary N) is 1. The molecule has 1 aliphatic heterocycles. The minimum atomic E-state index is -1.11. The predicted octanol–water partition coefficient (Wildman–Crippen LogP) is 4.58. The summed E-state index contributed by atoms with van der Waals surface area (Å²) in [6.45, 7) is 3.93. The fraction of sp³-hybridized carbons (Fsp3) is 0.200. The number of carbonyl (C=O) groups excluding carboxylic acids is 2. The highest BCUT2D eigenvalue weighted by Crippen LogP contribution is 2.46. The molecule has 1 atom stereocenters. The van der Waals surface area contributed by atoms with Gasteiger partial charge >= 0.3 is 0 Å². The van der Waals surface area contributed by atoms with Crippen molar-refractivity contribution in [2.45, 2.75) is 25.8 Å². The number of rotatable bonds is 5. The lowest BCUT2D eigenvalue weighted by molar-refractivity contribution is -0.137. The smallest absolute Gasteiger partial charge is 0.255 e. The third-order valence-corrected chi connectivity index (χ3v) is 5.72. The fourth-order valence-corrected chi connectivity index (χ4v) is 4.08. The van der Waals surface area contributed by atoms with E-state index in [1.54, 1.807) is 36.3 Å². The second-order valence-electron chi connectivity index (χ2n) is 7.55. The molecule has 1 fully saturated rings. The highest BCUT2D eigenvalue weighted by atomic mass is 16.5. The number of ether oxygens (including phenoxy) is 1. The van der Waals surface area contributed by atoms with Gasteiger partial charge in [0, 0.05) is 11.4 Å². The van der Waals surface area contributed by atoms with Crippen LogP contribution in [0.3, 0.4) is 0 Å². The summed E-state index contributed by atoms with van der Waals surface area (Å²) >= 11 is 0. The van der Waals surface area contributed by atoms with Crippen LogP contribution >= 0.6 is 0 Å². The van der Waals surface area contributed by atoms with Crippen LogP contribution in [-0.2, 0) is 15.1 Å². The lowest BCUT2D eigenvalue weighted by Gasteiger charge is -2.50. The Morgan fingerprint density at radius 1 is 0.933 bits per heavy atom. The number of para-hydroxylation sites is 1. The zero-order valence-corrected chi connectivity index (χ0v) is 17.3. The molecule has 30 heavy (non-hydrogen) atoms. The van der Waals surface area contributed by atoms with E-state index in [1.807, 2.05) is 62.4 Å². The largest absolute Gasteiger partial charge is 0.497 e. The molecule has 0 aromatic heterocycles. The lowest BCUT2D eigenvalue weighted by Crippen LogP contribution is -2.67. The van der Waals surface area contributed by atoms with E-state index in [2.05, 4.69) is 5.32 Å². The standard InChI is InChI=1S/C25H24N2O3/c1-17-8-7-9-18(2)23(17)26-24(29)25(19-10-5-4-6-11-19)16-22(28)27(25)20-12-14-21(30-3)15-13-20/h4-15H,16H2,1-3H3,(H,26,29). The second kappa shape index (κ2) is 7.67. The molecule has 0 saturated carbocycles. The van der Waals surface area contributed by atoms with Crippen LogP contribution in [0.5, 0.6) is 5.75 Å². The third-order valence-electron chi connectivity index (χ3n) is 5.72. The van der Waals surface area contributed by atoms with Crippen molar-refractivity contribution >= 4 is 23.2 Å². The van der Waals surface area contributed by atoms with Gasteiger partial charge in [-0.05, 0) is 54.8 Å². The number of benzene rings is 3. The minimum Gasteiger partial charge on any atom is -0.497 e. The fourth-order valence-electron chi connectivity index (χ4n) is 4.08. The van der Waals surface area contributed by atoms with E-state index in [0.717, 1.165) is 22.4 Å². The topological polar surface area (TPSA) is 58.6 Å². The Balaban J connectivity index is 1.79. The Bertz CT molecular complexity index is 1070. The van der Waals surface area contributed by atoms with Crippen molar-refractivity contribution in [3.8, 4) is 5.75 Å². The first-order chi connectivity index (χ1) is 14.5. The Kier molecular flexibility index (Phi) is 5.04. The molecule has 1 saturated heterocycles. The summed E-state index contributed by atoms with van der Waals surface area (Å²) in [5.41, 5.74) is 3.08. The van der Waals surface area contributed by atoms with Crippen molar-refractivity contribution in [1.29, 1.82) is 0 Å². The number of hydrogen-bond donors (Lipinski definition) is 1. The maximum absolute atomic E-state index is 13.7. The molecule has 0 spiro atoms. The van der Waals surface area contributed by atoms with Gasteiger partial charge in [-0.15, -0.1) is 0 Å². The molecule has 0 radical (unpaired) electrons. The highest BCUT2D eigenvalue weighted by Gasteiger charge is 2.58. The van der Waals surface area contributed by atoms with E-state index in [1.165, 1.54) is 0 Å². The number of amides is 2. The second-order valence-corrected chi connectivity index (χ2v) is 7.55. The van der Waals surface area contributed by atoms with Crippen molar-refractivity contribution < 1.29 is 14.3 Å². The molecule has 1 heterocycles. The molecule has 4 rings (SSSR count). The number of aryl methyl sites for hydroxylation is 2. The van der Waals surface area contributed by atoms with Crippen LogP contribution in [0, 0.1) is 13.8 Å². The number of β-lactam (4-membered cyclic amide) rings is 1. The Labute approximate surface area is 176 Å². The SMILES string of the molecule is COc1ccc(N2C(=O)CC2(C(=O)Nc2c(C)cccc2C)c2ccccc2)cc1. The molecule has 5 nitrogen and oxygen atoms in total. The number of methoxy groups -OCH3 is 1. The summed E-state index contributed by atoms with van der Waals surface area (Å²) in [7, 11) is 1.59. The highest BCUT2D eigenvalue weighted by molar-refractivity contribution is 6.17. The van der Waals surface area contributed by atoms with Crippen molar-refractivity contribution in [2.75, 3.05) is 17.3 Å². The number of hydrogen-bond acceptors (Lipinski definition) is 3. The zero-order valence-electron chi connectivity index (χ0n) is 17.3. The Hall–Kier alpha value is -3.60. The molecule has 0 aliphatic carbocycles. The molecule has 152 valence electrons. The zero-order chi connectivity index (χ0) is 21.3. The van der Waals surface area contributed by atoms with E-state index in [-0.39, 0.29) is 18.2 Å². The molecule has 1 aliphatic rings. The van der Waals surface area contributed by atoms with Crippen molar-refractivity contribution in [3.05, 3.63) is 89.5 Å². The van der Waals surface area contributed by atoms with Gasteiger partial charge in [0.2, 0.25) is 5.91 Å². The summed E-state index contributed by atoms with van der Waals surface area (Å²) in [6, 6.07) is 22.6. The van der Waals surface area contributed by atoms with Crippen LogP contribution in [0.25, 0.3) is 0 Å². The number of carbonyl (C=O) groups is 2. The van der Waals surface area contributed by atoms with Crippen LogP contribution in [-0.4, -0.2) is 18.9 Å². The Morgan fingerprint density at radius 3 is 2.13 bits per heavy atom. The van der Waals surface area contributed by atoms with Gasteiger partial charge in [-0.2, -0.15) is 0 Å². The third kappa shape index (κ3) is 3.12. The molecule has 3 aromatic rings. The van der Waals surface area contributed by atoms with E-state index in [0.29, 0.717) is 11.4 Å². The van der Waals surface area contributed by atoms with Crippen molar-refractivity contribution in [2.24, 2.45) is 0 Å². The van der Waals surface area contributed by atoms with Gasteiger partial charge in [0.25, 0.3) is 5.91 Å². The average Bonchev–Trinajstić information content (AvgIpc) is 2.75. The maximum Gasteiger partial charge on any atom is 0.255 e. The number of nitrogens with zero attached hydrogens (tertiary/aromatic N) is 1. The lowest BCUT2D eigenvalue weighted by atomic mass is 9.76. The Morgan fingerprint density at radius 2 is 1.57 bits per heavy atom. The molecule has 3 aromatic carbocycles. The first-order valence-corrected chi connectivity index (χ1v) is 9.87. The summed E-state index contributed by atoms with van der Waals surface area (Å²) < 4.78 is 5.23. The molecule has 1 unspecified atom stereocenters. The van der Waals surface area contributed by atoms with Crippen molar-refractivity contribution in [3.63, 3.8) is 0 Å². The normalized spacial score (nSPS) is 18.0. The summed E-state index contributed by atoms with van der Waals surface area (Å²) in [4.78, 5) is 28.1. The monoisotopic (exact) mass is 400 g/mol. The molecule has 0 bridgehead atoms. The van der Waals surface area contributed by atoms with Crippen LogP contribution in [0.4, 0.5) is 11.4 Å². The van der Waals surface area contributed by atoms with Gasteiger partial charge in [-0.3, -0.25) is 14.5 Å². The first kappa shape index (κ1) is 19.7. The van der Waals surface area contributed by atoms with Crippen molar-refractivity contribution in [1.82, 2.24) is 0 Å². The number of anilines is 2. The molecule has 1 N–H and O–H groups in total. The van der Waals surface area contributed by atoms with Gasteiger partial charge in [0.15, 0.2) is 5.54 Å². The first-order valence-electron chi connectivity index (χ1n) is 9.87. The van der Waals surface area contributed by atoms with Gasteiger partial charge in [0.1, 0.15) is 5.75 Å². The van der Waals surface area contributed by atoms with Gasteiger partial charge in [0.05, 0.1) is 13.5 Å². The quantitative estimate of drug-likeness (QED) is 0.638. The van der Waals surface area contributed by atoms with E-state index >= 15 is 0 Å². The predicted molar refractivity (Wildman–Crippen MR) is 118 cm³/mol. The summed E-state index contributed by atoms with van der Waals surface area (Å²) in [5.74, 6) is 0.374. The molecule has 5 heteroatoms. The van der Waals surface area contributed by atoms with Gasteiger partial charge < -0.3 is 10.1 Å². The molecule has 2 amide bonds. The molecular weight excluding hydrogens is 376 g/mol. The van der Waals surface area contributed by atoms with E-state index in [9.17, 15) is 9.59 Å². The summed E-state index contributed by atoms with van der Waals surface area (Å²) in [6.07, 6.45) is 0.111. The average molecular weight is 400 g/mol. The molecular formula is C25H24N2O3. The van der Waals surface area contributed by atoms with Crippen LogP contribution < -0.4 is 15.0 Å². The van der Waals surface area contributed by atoms with Gasteiger partial charge in [-0.25, -0.2) is 0 Å². The van der Waals surface area contributed by atoms with E-state index < -0.39 is 5.54 Å².